The summed E-state index contributed by atoms with van der Waals surface area (Å²) in [6, 6.07) is 18.3. The molecule has 0 aliphatic carbocycles. The van der Waals surface area contributed by atoms with Crippen molar-refractivity contribution in [1.82, 2.24) is 4.90 Å². The molecule has 164 valence electrons. The van der Waals surface area contributed by atoms with Crippen LogP contribution < -0.4 is 15.0 Å². The van der Waals surface area contributed by atoms with Gasteiger partial charge in [0.1, 0.15) is 17.2 Å². The molecule has 32 heavy (non-hydrogen) atoms. The first-order valence-corrected chi connectivity index (χ1v) is 10.4. The lowest BCUT2D eigenvalue weighted by molar-refractivity contribution is -0.137. The standard InChI is InChI=1S/C25H25N3O4/c1-4-31-20-13-7-17(8-14-20)22-23(26-18-9-11-19(12-10-18)27(2)3)25(30)28(24(22)29)16-21-6-5-15-32-21/h5-15,26H,4,16H2,1-3H3. The maximum absolute atomic E-state index is 13.3. The molecule has 2 heterocycles. The number of hydrogen-bond donors (Lipinski definition) is 1. The number of amides is 2. The Morgan fingerprint density at radius 1 is 0.969 bits per heavy atom. The average Bonchev–Trinajstić information content (AvgIpc) is 3.38. The Bertz CT molecular complexity index is 1130. The van der Waals surface area contributed by atoms with Crippen LogP contribution in [0.25, 0.3) is 5.57 Å². The molecule has 1 aliphatic rings. The molecule has 1 aliphatic heterocycles. The van der Waals surface area contributed by atoms with Crippen molar-refractivity contribution in [3.05, 3.63) is 83.9 Å². The molecule has 7 heteroatoms. The molecule has 1 aromatic heterocycles. The molecule has 2 aromatic carbocycles. The number of benzene rings is 2. The molecule has 2 amide bonds. The van der Waals surface area contributed by atoms with Crippen LogP contribution in [0.1, 0.15) is 18.2 Å². The summed E-state index contributed by atoms with van der Waals surface area (Å²) in [4.78, 5) is 29.8. The Morgan fingerprint density at radius 2 is 1.69 bits per heavy atom. The summed E-state index contributed by atoms with van der Waals surface area (Å²) in [5.41, 5.74) is 2.95. The van der Waals surface area contributed by atoms with E-state index in [2.05, 4.69) is 5.32 Å². The highest BCUT2D eigenvalue weighted by molar-refractivity contribution is 6.36. The van der Waals surface area contributed by atoms with E-state index in [-0.39, 0.29) is 18.1 Å². The molecular formula is C25H25N3O4. The minimum atomic E-state index is -0.396. The number of nitrogens with zero attached hydrogens (tertiary/aromatic N) is 2. The number of carbonyl (C=O) groups excluding carboxylic acids is 2. The first kappa shape index (κ1) is 21.2. The average molecular weight is 431 g/mol. The van der Waals surface area contributed by atoms with E-state index in [1.807, 2.05) is 50.2 Å². The fourth-order valence-corrected chi connectivity index (χ4v) is 3.53. The zero-order chi connectivity index (χ0) is 22.7. The molecule has 1 N–H and O–H groups in total. The lowest BCUT2D eigenvalue weighted by Crippen LogP contribution is -2.31. The van der Waals surface area contributed by atoms with Crippen molar-refractivity contribution in [2.75, 3.05) is 30.9 Å². The van der Waals surface area contributed by atoms with E-state index in [4.69, 9.17) is 9.15 Å². The number of rotatable bonds is 8. The molecule has 4 rings (SSSR count). The highest BCUT2D eigenvalue weighted by atomic mass is 16.5. The van der Waals surface area contributed by atoms with Crippen LogP contribution in [-0.2, 0) is 16.1 Å². The van der Waals surface area contributed by atoms with Gasteiger partial charge in [0.05, 0.1) is 25.0 Å². The smallest absolute Gasteiger partial charge is 0.278 e. The SMILES string of the molecule is CCOc1ccc(C2=C(Nc3ccc(N(C)C)cc3)C(=O)N(Cc3ccco3)C2=O)cc1. The predicted molar refractivity (Wildman–Crippen MR) is 123 cm³/mol. The van der Waals surface area contributed by atoms with Gasteiger partial charge >= 0.3 is 0 Å². The Balaban J connectivity index is 1.70. The summed E-state index contributed by atoms with van der Waals surface area (Å²) < 4.78 is 10.9. The van der Waals surface area contributed by atoms with Gasteiger partial charge in [-0.15, -0.1) is 0 Å². The molecule has 0 atom stereocenters. The third kappa shape index (κ3) is 4.23. The van der Waals surface area contributed by atoms with Crippen molar-refractivity contribution in [1.29, 1.82) is 0 Å². The number of hydrogen-bond acceptors (Lipinski definition) is 6. The van der Waals surface area contributed by atoms with Gasteiger partial charge in [0.2, 0.25) is 0 Å². The summed E-state index contributed by atoms with van der Waals surface area (Å²) in [5.74, 6) is 0.471. The second kappa shape index (κ2) is 9.01. The van der Waals surface area contributed by atoms with Crippen molar-refractivity contribution in [2.24, 2.45) is 0 Å². The van der Waals surface area contributed by atoms with Gasteiger partial charge in [0.25, 0.3) is 11.8 Å². The summed E-state index contributed by atoms with van der Waals surface area (Å²) in [6.45, 7) is 2.52. The molecule has 0 unspecified atom stereocenters. The van der Waals surface area contributed by atoms with Crippen molar-refractivity contribution in [3.8, 4) is 5.75 Å². The third-order valence-electron chi connectivity index (χ3n) is 5.17. The lowest BCUT2D eigenvalue weighted by Gasteiger charge is -2.15. The minimum Gasteiger partial charge on any atom is -0.494 e. The van der Waals surface area contributed by atoms with E-state index in [0.29, 0.717) is 29.3 Å². The minimum absolute atomic E-state index is 0.0654. The summed E-state index contributed by atoms with van der Waals surface area (Å²) in [6.07, 6.45) is 1.52. The molecule has 0 saturated carbocycles. The van der Waals surface area contributed by atoms with Crippen LogP contribution in [-0.4, -0.2) is 37.4 Å². The van der Waals surface area contributed by atoms with Crippen molar-refractivity contribution < 1.29 is 18.7 Å². The second-order valence-electron chi connectivity index (χ2n) is 7.55. The maximum Gasteiger partial charge on any atom is 0.278 e. The van der Waals surface area contributed by atoms with Gasteiger partial charge in [0.15, 0.2) is 0 Å². The van der Waals surface area contributed by atoms with Crippen LogP contribution in [0, 0.1) is 0 Å². The van der Waals surface area contributed by atoms with Crippen LogP contribution in [0.3, 0.4) is 0 Å². The normalized spacial score (nSPS) is 13.7. The van der Waals surface area contributed by atoms with Gasteiger partial charge in [-0.2, -0.15) is 0 Å². The van der Waals surface area contributed by atoms with E-state index in [1.54, 1.807) is 36.4 Å². The first-order chi connectivity index (χ1) is 15.5. The van der Waals surface area contributed by atoms with Crippen LogP contribution in [0.15, 0.2) is 77.0 Å². The van der Waals surface area contributed by atoms with Crippen LogP contribution >= 0.6 is 0 Å². The quantitative estimate of drug-likeness (QED) is 0.541. The predicted octanol–water partition coefficient (Wildman–Crippen LogP) is 4.14. The summed E-state index contributed by atoms with van der Waals surface area (Å²) in [7, 11) is 3.92. The molecule has 0 fully saturated rings. The topological polar surface area (TPSA) is 75.0 Å². The highest BCUT2D eigenvalue weighted by Crippen LogP contribution is 2.32. The first-order valence-electron chi connectivity index (χ1n) is 10.4. The summed E-state index contributed by atoms with van der Waals surface area (Å²) >= 11 is 0. The number of ether oxygens (including phenoxy) is 1. The van der Waals surface area contributed by atoms with Gasteiger partial charge in [-0.25, -0.2) is 0 Å². The van der Waals surface area contributed by atoms with Crippen LogP contribution in [0.4, 0.5) is 11.4 Å². The molecule has 0 spiro atoms. The largest absolute Gasteiger partial charge is 0.494 e. The fraction of sp³-hybridized carbons (Fsp3) is 0.200. The summed E-state index contributed by atoms with van der Waals surface area (Å²) in [5, 5.41) is 3.17. The van der Waals surface area contributed by atoms with Crippen molar-refractivity contribution in [2.45, 2.75) is 13.5 Å². The van der Waals surface area contributed by atoms with E-state index >= 15 is 0 Å². The Hall–Kier alpha value is -4.00. The highest BCUT2D eigenvalue weighted by Gasteiger charge is 2.39. The number of nitrogens with one attached hydrogen (secondary N) is 1. The third-order valence-corrected chi connectivity index (χ3v) is 5.17. The second-order valence-corrected chi connectivity index (χ2v) is 7.55. The molecule has 0 bridgehead atoms. The van der Waals surface area contributed by atoms with Gasteiger partial charge in [0, 0.05) is 25.5 Å². The van der Waals surface area contributed by atoms with E-state index < -0.39 is 5.91 Å². The monoisotopic (exact) mass is 431 g/mol. The number of furan rings is 1. The zero-order valence-corrected chi connectivity index (χ0v) is 18.3. The maximum atomic E-state index is 13.3. The van der Waals surface area contributed by atoms with Crippen molar-refractivity contribution >= 4 is 28.8 Å². The van der Waals surface area contributed by atoms with Crippen LogP contribution in [0.5, 0.6) is 5.75 Å². The van der Waals surface area contributed by atoms with Gasteiger partial charge < -0.3 is 19.4 Å². The molecule has 3 aromatic rings. The van der Waals surface area contributed by atoms with Crippen molar-refractivity contribution in [3.63, 3.8) is 0 Å². The van der Waals surface area contributed by atoms with Gasteiger partial charge in [-0.1, -0.05) is 12.1 Å². The fourth-order valence-electron chi connectivity index (χ4n) is 3.53. The number of anilines is 2. The Labute approximate surface area is 186 Å². The number of imide groups is 1. The molecule has 0 saturated heterocycles. The van der Waals surface area contributed by atoms with Gasteiger partial charge in [-0.05, 0) is 61.0 Å². The van der Waals surface area contributed by atoms with E-state index in [0.717, 1.165) is 11.4 Å². The lowest BCUT2D eigenvalue weighted by atomic mass is 10.0. The van der Waals surface area contributed by atoms with Gasteiger partial charge in [-0.3, -0.25) is 14.5 Å². The molecule has 0 radical (unpaired) electrons. The van der Waals surface area contributed by atoms with E-state index in [9.17, 15) is 9.59 Å². The van der Waals surface area contributed by atoms with Crippen LogP contribution in [0.2, 0.25) is 0 Å². The zero-order valence-electron chi connectivity index (χ0n) is 18.3. The molecular weight excluding hydrogens is 406 g/mol. The van der Waals surface area contributed by atoms with E-state index in [1.165, 1.54) is 11.2 Å². The molecule has 7 nitrogen and oxygen atoms in total. The Kier molecular flexibility index (Phi) is 5.98. The number of carbonyl (C=O) groups is 2. The Morgan fingerprint density at radius 3 is 2.28 bits per heavy atom.